The van der Waals surface area contributed by atoms with Gasteiger partial charge in [-0.3, -0.25) is 4.79 Å². The predicted octanol–water partition coefficient (Wildman–Crippen LogP) is 3.39. The van der Waals surface area contributed by atoms with Crippen molar-refractivity contribution in [2.45, 2.75) is 59.8 Å². The van der Waals surface area contributed by atoms with Gasteiger partial charge in [0, 0.05) is 18.8 Å². The molecule has 0 radical (unpaired) electrons. The second kappa shape index (κ2) is 7.61. The maximum absolute atomic E-state index is 10.8. The lowest BCUT2D eigenvalue weighted by atomic mass is 9.90. The molecule has 0 aromatic rings. The van der Waals surface area contributed by atoms with E-state index in [0.29, 0.717) is 17.6 Å². The van der Waals surface area contributed by atoms with E-state index in [1.165, 1.54) is 6.42 Å². The fourth-order valence-corrected chi connectivity index (χ4v) is 1.73. The number of hydrogen-bond donors (Lipinski definition) is 0. The Morgan fingerprint density at radius 2 is 2.00 bits per heavy atom. The van der Waals surface area contributed by atoms with Gasteiger partial charge in [-0.1, -0.05) is 27.2 Å². The van der Waals surface area contributed by atoms with Gasteiger partial charge >= 0.3 is 0 Å². The highest BCUT2D eigenvalue weighted by Gasteiger charge is 2.16. The first-order valence-corrected chi connectivity index (χ1v) is 5.95. The molecule has 88 valence electrons. The first-order chi connectivity index (χ1) is 6.93. The Hall–Kier alpha value is -0.660. The molecule has 1 saturated carbocycles. The van der Waals surface area contributed by atoms with Gasteiger partial charge in [0.05, 0.1) is 0 Å². The van der Waals surface area contributed by atoms with Crippen LogP contribution < -0.4 is 0 Å². The van der Waals surface area contributed by atoms with Gasteiger partial charge in [0.25, 0.3) is 0 Å². The number of hydrogen-bond acceptors (Lipinski definition) is 2. The zero-order valence-corrected chi connectivity index (χ0v) is 10.5. The molecule has 1 aliphatic rings. The van der Waals surface area contributed by atoms with Gasteiger partial charge < -0.3 is 4.79 Å². The molecule has 2 nitrogen and oxygen atoms in total. The third kappa shape index (κ3) is 8.34. The third-order valence-corrected chi connectivity index (χ3v) is 2.56. The Balaban J connectivity index is 0.000000265. The Morgan fingerprint density at radius 1 is 1.40 bits per heavy atom. The highest BCUT2D eigenvalue weighted by atomic mass is 16.1. The highest BCUT2D eigenvalue weighted by Crippen LogP contribution is 2.18. The van der Waals surface area contributed by atoms with E-state index in [4.69, 9.17) is 0 Å². The summed E-state index contributed by atoms with van der Waals surface area (Å²) in [6.07, 6.45) is 5.07. The van der Waals surface area contributed by atoms with E-state index >= 15 is 0 Å². The van der Waals surface area contributed by atoms with Crippen molar-refractivity contribution in [2.24, 2.45) is 11.8 Å². The van der Waals surface area contributed by atoms with Gasteiger partial charge in [-0.15, -0.1) is 0 Å². The lowest BCUT2D eigenvalue weighted by Gasteiger charge is -2.14. The maximum atomic E-state index is 10.8. The molecule has 1 fully saturated rings. The molecule has 0 N–H and O–H groups in total. The summed E-state index contributed by atoms with van der Waals surface area (Å²) in [4.78, 5) is 21.0. The van der Waals surface area contributed by atoms with Crippen molar-refractivity contribution in [3.63, 3.8) is 0 Å². The first kappa shape index (κ1) is 14.3. The summed E-state index contributed by atoms with van der Waals surface area (Å²) in [7, 11) is 0. The standard InChI is InChI=1S/C7H12O.C6H12O/c1-6-4-2-3-5-7(6)8;1-5(2)4-6(3)7/h6H,2-5H2,1H3;5H,4H2,1-3H3. The van der Waals surface area contributed by atoms with Crippen molar-refractivity contribution < 1.29 is 9.59 Å². The molecule has 0 heterocycles. The predicted molar refractivity (Wildman–Crippen MR) is 62.8 cm³/mol. The van der Waals surface area contributed by atoms with Crippen molar-refractivity contribution in [1.82, 2.24) is 0 Å². The third-order valence-electron chi connectivity index (χ3n) is 2.56. The lowest BCUT2D eigenvalue weighted by molar-refractivity contribution is -0.124. The summed E-state index contributed by atoms with van der Waals surface area (Å²) >= 11 is 0. The van der Waals surface area contributed by atoms with E-state index in [2.05, 4.69) is 0 Å². The summed E-state index contributed by atoms with van der Waals surface area (Å²) in [5.74, 6) is 1.65. The van der Waals surface area contributed by atoms with Crippen LogP contribution in [0.5, 0.6) is 0 Å². The lowest BCUT2D eigenvalue weighted by Crippen LogP contribution is -2.14. The summed E-state index contributed by atoms with van der Waals surface area (Å²) in [5.41, 5.74) is 0. The van der Waals surface area contributed by atoms with Crippen molar-refractivity contribution in [1.29, 1.82) is 0 Å². The van der Waals surface area contributed by atoms with E-state index in [1.807, 2.05) is 20.8 Å². The topological polar surface area (TPSA) is 34.1 Å². The molecule has 1 rings (SSSR count). The van der Waals surface area contributed by atoms with Gasteiger partial charge in [-0.25, -0.2) is 0 Å². The van der Waals surface area contributed by atoms with Crippen LogP contribution in [0, 0.1) is 11.8 Å². The highest BCUT2D eigenvalue weighted by molar-refractivity contribution is 5.81. The number of rotatable bonds is 2. The van der Waals surface area contributed by atoms with Gasteiger partial charge in [0.1, 0.15) is 11.6 Å². The fourth-order valence-electron chi connectivity index (χ4n) is 1.73. The van der Waals surface area contributed by atoms with Crippen molar-refractivity contribution in [3.05, 3.63) is 0 Å². The first-order valence-electron chi connectivity index (χ1n) is 5.95. The zero-order valence-electron chi connectivity index (χ0n) is 10.5. The Labute approximate surface area is 93.4 Å². The molecule has 0 aliphatic heterocycles. The Kier molecular flexibility index (Phi) is 7.27. The van der Waals surface area contributed by atoms with E-state index in [-0.39, 0.29) is 5.78 Å². The number of carbonyl (C=O) groups excluding carboxylic acids is 2. The van der Waals surface area contributed by atoms with Gasteiger partial charge in [0.2, 0.25) is 0 Å². The molecule has 15 heavy (non-hydrogen) atoms. The van der Waals surface area contributed by atoms with Crippen molar-refractivity contribution in [2.75, 3.05) is 0 Å². The quantitative estimate of drug-likeness (QED) is 0.703. The Bertz CT molecular complexity index is 207. The second-order valence-corrected chi connectivity index (χ2v) is 4.91. The molecule has 1 aliphatic carbocycles. The number of ketones is 2. The van der Waals surface area contributed by atoms with E-state index in [0.717, 1.165) is 25.7 Å². The summed E-state index contributed by atoms with van der Waals surface area (Å²) < 4.78 is 0. The van der Waals surface area contributed by atoms with Crippen LogP contribution >= 0.6 is 0 Å². The molecule has 1 unspecified atom stereocenters. The summed E-state index contributed by atoms with van der Waals surface area (Å²) in [5, 5.41) is 0. The van der Waals surface area contributed by atoms with Crippen LogP contribution in [0.4, 0.5) is 0 Å². The normalized spacial score (nSPS) is 20.9. The minimum Gasteiger partial charge on any atom is -0.300 e. The van der Waals surface area contributed by atoms with E-state index < -0.39 is 0 Å². The molecular formula is C13H24O2. The molecule has 1 atom stereocenters. The van der Waals surface area contributed by atoms with E-state index in [1.54, 1.807) is 6.92 Å². The summed E-state index contributed by atoms with van der Waals surface area (Å²) in [6, 6.07) is 0. The molecule has 0 aromatic heterocycles. The minimum atomic E-state index is 0.287. The average molecular weight is 212 g/mol. The number of Topliss-reactive ketones (excluding diaryl/α,β-unsaturated/α-hetero) is 2. The van der Waals surface area contributed by atoms with Crippen LogP contribution in [0.1, 0.15) is 59.8 Å². The zero-order chi connectivity index (χ0) is 11.8. The molecule has 2 heteroatoms. The molecule has 0 amide bonds. The molecule has 0 aromatic carbocycles. The fraction of sp³-hybridized carbons (Fsp3) is 0.846. The van der Waals surface area contributed by atoms with Gasteiger partial charge in [-0.2, -0.15) is 0 Å². The van der Waals surface area contributed by atoms with E-state index in [9.17, 15) is 9.59 Å². The van der Waals surface area contributed by atoms with Crippen LogP contribution in [-0.2, 0) is 9.59 Å². The van der Waals surface area contributed by atoms with Crippen LogP contribution in [0.15, 0.2) is 0 Å². The second-order valence-electron chi connectivity index (χ2n) is 4.91. The molecule has 0 bridgehead atoms. The molecular weight excluding hydrogens is 188 g/mol. The van der Waals surface area contributed by atoms with Gasteiger partial charge in [0.15, 0.2) is 0 Å². The van der Waals surface area contributed by atoms with Crippen LogP contribution in [0.25, 0.3) is 0 Å². The number of carbonyl (C=O) groups is 2. The monoisotopic (exact) mass is 212 g/mol. The van der Waals surface area contributed by atoms with Crippen molar-refractivity contribution >= 4 is 11.6 Å². The smallest absolute Gasteiger partial charge is 0.135 e. The maximum Gasteiger partial charge on any atom is 0.135 e. The van der Waals surface area contributed by atoms with Crippen LogP contribution in [-0.4, -0.2) is 11.6 Å². The SMILES string of the molecule is CC(=O)CC(C)C.CC1CCCCC1=O. The molecule has 0 spiro atoms. The average Bonchev–Trinajstić information content (AvgIpc) is 2.08. The van der Waals surface area contributed by atoms with Crippen molar-refractivity contribution in [3.8, 4) is 0 Å². The van der Waals surface area contributed by atoms with Crippen LogP contribution in [0.3, 0.4) is 0 Å². The minimum absolute atomic E-state index is 0.287. The van der Waals surface area contributed by atoms with Gasteiger partial charge in [-0.05, 0) is 25.7 Å². The summed E-state index contributed by atoms with van der Waals surface area (Å²) in [6.45, 7) is 7.74. The Morgan fingerprint density at radius 3 is 2.20 bits per heavy atom. The van der Waals surface area contributed by atoms with Crippen LogP contribution in [0.2, 0.25) is 0 Å². The largest absolute Gasteiger partial charge is 0.300 e. The molecule has 0 saturated heterocycles.